The summed E-state index contributed by atoms with van der Waals surface area (Å²) in [5.74, 6) is 1.83. The van der Waals surface area contributed by atoms with E-state index in [1.807, 2.05) is 7.05 Å². The van der Waals surface area contributed by atoms with E-state index < -0.39 is 0 Å². The number of anilines is 1. The topological polar surface area (TPSA) is 29.1 Å². The van der Waals surface area contributed by atoms with Crippen LogP contribution in [0.15, 0.2) is 36.4 Å². The van der Waals surface area contributed by atoms with Crippen molar-refractivity contribution in [2.45, 2.75) is 71.1 Å². The third kappa shape index (κ3) is 7.81. The molecule has 1 fully saturated rings. The summed E-state index contributed by atoms with van der Waals surface area (Å²) in [5.41, 5.74) is 3.34. The Balaban J connectivity index is 0.000000505. The molecule has 0 aromatic heterocycles. The molecule has 0 bridgehead atoms. The van der Waals surface area contributed by atoms with E-state index in [0.29, 0.717) is 5.57 Å². The minimum absolute atomic E-state index is 0.574. The van der Waals surface area contributed by atoms with Crippen LogP contribution >= 0.6 is 0 Å². The summed E-state index contributed by atoms with van der Waals surface area (Å²) < 4.78 is 0. The zero-order valence-electron chi connectivity index (χ0n) is 15.8. The molecule has 0 heterocycles. The Morgan fingerprint density at radius 2 is 1.75 bits per heavy atom. The van der Waals surface area contributed by atoms with Gasteiger partial charge in [0.15, 0.2) is 0 Å². The lowest BCUT2D eigenvalue weighted by molar-refractivity contribution is -0.104. The van der Waals surface area contributed by atoms with E-state index >= 15 is 0 Å². The molecule has 1 aromatic rings. The monoisotopic (exact) mass is 329 g/mol. The summed E-state index contributed by atoms with van der Waals surface area (Å²) in [7, 11) is 1.98. The molecule has 134 valence electrons. The zero-order chi connectivity index (χ0) is 17.8. The molecule has 1 aromatic carbocycles. The molecule has 2 nitrogen and oxygen atoms in total. The predicted molar refractivity (Wildman–Crippen MR) is 106 cm³/mol. The lowest BCUT2D eigenvalue weighted by Crippen LogP contribution is -2.13. The molecule has 1 aliphatic carbocycles. The van der Waals surface area contributed by atoms with Crippen molar-refractivity contribution < 1.29 is 4.79 Å². The van der Waals surface area contributed by atoms with Gasteiger partial charge in [-0.25, -0.2) is 0 Å². The Morgan fingerprint density at radius 3 is 2.21 bits per heavy atom. The van der Waals surface area contributed by atoms with Crippen molar-refractivity contribution in [3.8, 4) is 0 Å². The van der Waals surface area contributed by atoms with E-state index in [2.05, 4.69) is 43.1 Å². The van der Waals surface area contributed by atoms with Gasteiger partial charge in [-0.2, -0.15) is 0 Å². The van der Waals surface area contributed by atoms with Crippen molar-refractivity contribution in [3.05, 3.63) is 42.0 Å². The van der Waals surface area contributed by atoms with Gasteiger partial charge < -0.3 is 5.32 Å². The van der Waals surface area contributed by atoms with Crippen molar-refractivity contribution in [2.24, 2.45) is 5.92 Å². The highest BCUT2D eigenvalue weighted by atomic mass is 16.1. The summed E-state index contributed by atoms with van der Waals surface area (Å²) in [4.78, 5) is 9.41. The molecule has 0 unspecified atom stereocenters. The number of unbranched alkanes of at least 4 members (excludes halogenated alkanes) is 2. The second-order valence-electron chi connectivity index (χ2n) is 7.05. The van der Waals surface area contributed by atoms with Crippen LogP contribution in [0.2, 0.25) is 0 Å². The SMILES string of the molecule is C=C(C)C=O.CCCCCC1CCC(c2ccc(NC)cc2)CC1. The van der Waals surface area contributed by atoms with Gasteiger partial charge in [-0.3, -0.25) is 4.79 Å². The second kappa shape index (κ2) is 11.9. The largest absolute Gasteiger partial charge is 0.388 e. The van der Waals surface area contributed by atoms with Crippen LogP contribution in [0.1, 0.15) is 76.7 Å². The first-order valence-electron chi connectivity index (χ1n) is 9.49. The van der Waals surface area contributed by atoms with Crippen LogP contribution in [0.5, 0.6) is 0 Å². The predicted octanol–water partition coefficient (Wildman–Crippen LogP) is 6.34. The van der Waals surface area contributed by atoms with Crippen LogP contribution in [0.3, 0.4) is 0 Å². The molecule has 2 rings (SSSR count). The van der Waals surface area contributed by atoms with E-state index in [4.69, 9.17) is 0 Å². The maximum absolute atomic E-state index is 9.41. The first-order chi connectivity index (χ1) is 11.6. The molecule has 0 amide bonds. The smallest absolute Gasteiger partial charge is 0.145 e. The molecule has 0 radical (unpaired) electrons. The normalized spacial score (nSPS) is 19.8. The number of carbonyl (C=O) groups excluding carboxylic acids is 1. The minimum atomic E-state index is 0.574. The highest BCUT2D eigenvalue weighted by Gasteiger charge is 2.21. The second-order valence-corrected chi connectivity index (χ2v) is 7.05. The van der Waals surface area contributed by atoms with Crippen LogP contribution in [0, 0.1) is 5.92 Å². The Kier molecular flexibility index (Phi) is 10.1. The lowest BCUT2D eigenvalue weighted by atomic mass is 9.77. The Morgan fingerprint density at radius 1 is 1.17 bits per heavy atom. The van der Waals surface area contributed by atoms with Gasteiger partial charge in [-0.15, -0.1) is 0 Å². The Hall–Kier alpha value is -1.57. The molecule has 0 aliphatic heterocycles. The van der Waals surface area contributed by atoms with Gasteiger partial charge >= 0.3 is 0 Å². The molecule has 24 heavy (non-hydrogen) atoms. The number of benzene rings is 1. The van der Waals surface area contributed by atoms with Crippen LogP contribution in [-0.4, -0.2) is 13.3 Å². The van der Waals surface area contributed by atoms with Crippen molar-refractivity contribution in [1.82, 2.24) is 0 Å². The molecule has 0 atom stereocenters. The van der Waals surface area contributed by atoms with Crippen LogP contribution in [0.25, 0.3) is 0 Å². The summed E-state index contributed by atoms with van der Waals surface area (Å²) in [5, 5.41) is 3.19. The number of hydrogen-bond donors (Lipinski definition) is 1. The average molecular weight is 330 g/mol. The van der Waals surface area contributed by atoms with Crippen LogP contribution in [-0.2, 0) is 4.79 Å². The number of hydrogen-bond acceptors (Lipinski definition) is 2. The number of aldehydes is 1. The number of nitrogens with one attached hydrogen (secondary N) is 1. The van der Waals surface area contributed by atoms with Gasteiger partial charge in [-0.05, 0) is 67.7 Å². The average Bonchev–Trinajstić information content (AvgIpc) is 2.63. The van der Waals surface area contributed by atoms with Gasteiger partial charge in [0.05, 0.1) is 0 Å². The third-order valence-corrected chi connectivity index (χ3v) is 4.93. The third-order valence-electron chi connectivity index (χ3n) is 4.93. The van der Waals surface area contributed by atoms with E-state index in [0.717, 1.165) is 18.1 Å². The van der Waals surface area contributed by atoms with Gasteiger partial charge in [0.1, 0.15) is 6.29 Å². The van der Waals surface area contributed by atoms with Crippen LogP contribution in [0.4, 0.5) is 5.69 Å². The quantitative estimate of drug-likeness (QED) is 0.359. The standard InChI is InChI=1S/C18H29N.C4H6O/c1-3-4-5-6-15-7-9-16(10-8-15)17-11-13-18(19-2)14-12-17;1-4(2)3-5/h11-16,19H,3-10H2,1-2H3;3H,1H2,2H3. The fraction of sp³-hybridized carbons (Fsp3) is 0.591. The first-order valence-corrected chi connectivity index (χ1v) is 9.49. The molecule has 0 spiro atoms. The van der Waals surface area contributed by atoms with Crippen molar-refractivity contribution in [2.75, 3.05) is 12.4 Å². The van der Waals surface area contributed by atoms with E-state index in [1.165, 1.54) is 57.1 Å². The fourth-order valence-electron chi connectivity index (χ4n) is 3.39. The molecule has 1 N–H and O–H groups in total. The maximum atomic E-state index is 9.41. The van der Waals surface area contributed by atoms with Gasteiger partial charge in [0.2, 0.25) is 0 Å². The van der Waals surface area contributed by atoms with Gasteiger partial charge in [-0.1, -0.05) is 51.3 Å². The molecule has 2 heteroatoms. The van der Waals surface area contributed by atoms with Crippen molar-refractivity contribution in [3.63, 3.8) is 0 Å². The molecule has 0 saturated heterocycles. The number of rotatable bonds is 7. The van der Waals surface area contributed by atoms with E-state index in [1.54, 1.807) is 12.5 Å². The molecule has 1 saturated carbocycles. The Bertz CT molecular complexity index is 469. The fourth-order valence-corrected chi connectivity index (χ4v) is 3.39. The van der Waals surface area contributed by atoms with Crippen molar-refractivity contribution >= 4 is 12.0 Å². The van der Waals surface area contributed by atoms with E-state index in [9.17, 15) is 4.79 Å². The molecular formula is C22H35NO. The zero-order valence-corrected chi connectivity index (χ0v) is 15.8. The minimum Gasteiger partial charge on any atom is -0.388 e. The molecule has 1 aliphatic rings. The molecular weight excluding hydrogens is 294 g/mol. The van der Waals surface area contributed by atoms with Crippen LogP contribution < -0.4 is 5.32 Å². The first kappa shape index (κ1) is 20.5. The van der Waals surface area contributed by atoms with Gasteiger partial charge in [0.25, 0.3) is 0 Å². The maximum Gasteiger partial charge on any atom is 0.145 e. The summed E-state index contributed by atoms with van der Waals surface area (Å²) in [6, 6.07) is 9.05. The lowest BCUT2D eigenvalue weighted by Gasteiger charge is -2.29. The highest BCUT2D eigenvalue weighted by Crippen LogP contribution is 2.37. The summed E-state index contributed by atoms with van der Waals surface area (Å²) in [6.45, 7) is 7.26. The Labute approximate surface area is 148 Å². The highest BCUT2D eigenvalue weighted by molar-refractivity contribution is 5.70. The number of allylic oxidation sites excluding steroid dienone is 1. The summed E-state index contributed by atoms with van der Waals surface area (Å²) in [6.07, 6.45) is 12.1. The number of carbonyl (C=O) groups is 1. The van der Waals surface area contributed by atoms with Crippen molar-refractivity contribution in [1.29, 1.82) is 0 Å². The summed E-state index contributed by atoms with van der Waals surface area (Å²) >= 11 is 0. The van der Waals surface area contributed by atoms with Gasteiger partial charge in [0, 0.05) is 12.7 Å². The van der Waals surface area contributed by atoms with E-state index in [-0.39, 0.29) is 0 Å².